The van der Waals surface area contributed by atoms with Gasteiger partial charge in [-0.25, -0.2) is 0 Å². The fourth-order valence-electron chi connectivity index (χ4n) is 3.71. The Morgan fingerprint density at radius 3 is 2.34 bits per heavy atom. The number of phenolic OH excluding ortho intramolecular Hbond substituents is 1. The van der Waals surface area contributed by atoms with Gasteiger partial charge in [0.25, 0.3) is 0 Å². The van der Waals surface area contributed by atoms with Crippen molar-refractivity contribution in [2.45, 2.75) is 70.4 Å². The highest BCUT2D eigenvalue weighted by Gasteiger charge is 2.26. The van der Waals surface area contributed by atoms with Gasteiger partial charge in [0.2, 0.25) is 5.91 Å². The molecule has 0 bridgehead atoms. The van der Waals surface area contributed by atoms with Crippen molar-refractivity contribution in [3.63, 3.8) is 0 Å². The first-order valence-electron chi connectivity index (χ1n) is 11.2. The first-order valence-corrected chi connectivity index (χ1v) is 11.2. The largest absolute Gasteiger partial charge is 0.508 e. The summed E-state index contributed by atoms with van der Waals surface area (Å²) in [6.45, 7) is 5.74. The van der Waals surface area contributed by atoms with Crippen molar-refractivity contribution in [3.05, 3.63) is 29.8 Å². The molecule has 29 heavy (non-hydrogen) atoms. The Bertz CT molecular complexity index is 573. The van der Waals surface area contributed by atoms with Crippen LogP contribution in [0.2, 0.25) is 0 Å². The average Bonchev–Trinajstić information content (AvgIpc) is 2.73. The fourth-order valence-corrected chi connectivity index (χ4v) is 3.71. The van der Waals surface area contributed by atoms with E-state index in [4.69, 9.17) is 4.74 Å². The van der Waals surface area contributed by atoms with Crippen LogP contribution in [-0.2, 0) is 9.53 Å². The maximum absolute atomic E-state index is 12.5. The summed E-state index contributed by atoms with van der Waals surface area (Å²) in [5.74, 6) is 0.156. The Kier molecular flexibility index (Phi) is 11.1. The number of phenols is 1. The number of ether oxygens (including phenoxy) is 1. The van der Waals surface area contributed by atoms with Gasteiger partial charge >= 0.3 is 0 Å². The Balaban J connectivity index is 1.85. The number of amides is 1. The molecule has 1 amide bonds. The van der Waals surface area contributed by atoms with Crippen LogP contribution in [0.5, 0.6) is 5.75 Å². The number of benzene rings is 1. The van der Waals surface area contributed by atoms with Crippen molar-refractivity contribution in [3.8, 4) is 5.75 Å². The highest BCUT2D eigenvalue weighted by Crippen LogP contribution is 2.21. The lowest BCUT2D eigenvalue weighted by Crippen LogP contribution is -2.49. The molecule has 2 atom stereocenters. The number of carbonyl (C=O) groups excluding carboxylic acids is 1. The predicted octanol–water partition coefficient (Wildman–Crippen LogP) is 3.38. The van der Waals surface area contributed by atoms with Crippen LogP contribution in [0.1, 0.15) is 70.0 Å². The van der Waals surface area contributed by atoms with E-state index >= 15 is 0 Å². The van der Waals surface area contributed by atoms with Gasteiger partial charge < -0.3 is 20.3 Å². The third-order valence-electron chi connectivity index (χ3n) is 5.53. The summed E-state index contributed by atoms with van der Waals surface area (Å²) in [4.78, 5) is 14.7. The molecule has 1 aromatic rings. The lowest BCUT2D eigenvalue weighted by molar-refractivity contribution is -0.123. The molecule has 1 saturated heterocycles. The highest BCUT2D eigenvalue weighted by molar-refractivity contribution is 5.76. The molecular formula is C23H38N2O4. The maximum Gasteiger partial charge on any atom is 0.220 e. The molecule has 0 spiro atoms. The molecule has 1 aliphatic rings. The minimum absolute atomic E-state index is 0.00496. The van der Waals surface area contributed by atoms with E-state index in [9.17, 15) is 15.0 Å². The van der Waals surface area contributed by atoms with E-state index < -0.39 is 12.1 Å². The van der Waals surface area contributed by atoms with E-state index in [1.165, 1.54) is 32.1 Å². The number of hydrogen-bond donors (Lipinski definition) is 3. The number of nitrogens with one attached hydrogen (secondary N) is 1. The van der Waals surface area contributed by atoms with Crippen molar-refractivity contribution < 1.29 is 19.7 Å². The summed E-state index contributed by atoms with van der Waals surface area (Å²) in [5, 5.41) is 23.4. The maximum atomic E-state index is 12.5. The van der Waals surface area contributed by atoms with Crippen LogP contribution in [-0.4, -0.2) is 59.9 Å². The van der Waals surface area contributed by atoms with Gasteiger partial charge in [0.15, 0.2) is 0 Å². The van der Waals surface area contributed by atoms with Crippen molar-refractivity contribution in [2.24, 2.45) is 0 Å². The van der Waals surface area contributed by atoms with Gasteiger partial charge in [0.1, 0.15) is 11.9 Å². The number of unbranched alkanes of at least 4 members (excludes halogenated alkanes) is 6. The van der Waals surface area contributed by atoms with Gasteiger partial charge in [-0.05, 0) is 24.1 Å². The monoisotopic (exact) mass is 406 g/mol. The van der Waals surface area contributed by atoms with Crippen LogP contribution in [0, 0.1) is 0 Å². The number of nitrogens with zero attached hydrogens (tertiary/aromatic N) is 1. The number of carbonyl (C=O) groups is 1. The lowest BCUT2D eigenvalue weighted by Gasteiger charge is -2.33. The molecule has 1 fully saturated rings. The number of aliphatic hydroxyl groups excluding tert-OH is 1. The van der Waals surface area contributed by atoms with E-state index in [1.54, 1.807) is 24.3 Å². The van der Waals surface area contributed by atoms with E-state index in [0.717, 1.165) is 25.9 Å². The molecular weight excluding hydrogens is 368 g/mol. The number of aromatic hydroxyl groups is 1. The van der Waals surface area contributed by atoms with E-state index in [0.29, 0.717) is 31.7 Å². The van der Waals surface area contributed by atoms with Crippen molar-refractivity contribution in [1.82, 2.24) is 10.2 Å². The molecule has 6 heteroatoms. The van der Waals surface area contributed by atoms with Gasteiger partial charge in [-0.2, -0.15) is 0 Å². The second-order valence-corrected chi connectivity index (χ2v) is 7.99. The first kappa shape index (κ1) is 23.6. The third-order valence-corrected chi connectivity index (χ3v) is 5.53. The first-order chi connectivity index (χ1) is 14.1. The van der Waals surface area contributed by atoms with Gasteiger partial charge in [-0.1, -0.05) is 57.6 Å². The molecule has 0 saturated carbocycles. The molecule has 6 nitrogen and oxygen atoms in total. The van der Waals surface area contributed by atoms with Crippen molar-refractivity contribution in [2.75, 3.05) is 32.8 Å². The van der Waals surface area contributed by atoms with Crippen LogP contribution in [0.4, 0.5) is 0 Å². The number of rotatable bonds is 13. The topological polar surface area (TPSA) is 82.0 Å². The smallest absolute Gasteiger partial charge is 0.220 e. The van der Waals surface area contributed by atoms with Crippen LogP contribution in [0.25, 0.3) is 0 Å². The third kappa shape index (κ3) is 9.15. The molecule has 0 aromatic heterocycles. The molecule has 2 rings (SSSR count). The Hall–Kier alpha value is -1.63. The second kappa shape index (κ2) is 13.6. The standard InChI is InChI=1S/C23H38N2O4/c1-2-3-4-5-6-7-8-9-22(27)24-21(18-25-14-16-29-17-15-25)23(28)19-10-12-20(26)13-11-19/h10-13,21,23,26,28H,2-9,14-18H2,1H3,(H,24,27). The van der Waals surface area contributed by atoms with Crippen LogP contribution >= 0.6 is 0 Å². The van der Waals surface area contributed by atoms with Gasteiger partial charge in [0.05, 0.1) is 19.3 Å². The van der Waals surface area contributed by atoms with Gasteiger partial charge in [-0.15, -0.1) is 0 Å². The fraction of sp³-hybridized carbons (Fsp3) is 0.696. The molecule has 1 aromatic carbocycles. The quantitative estimate of drug-likeness (QED) is 0.438. The summed E-state index contributed by atoms with van der Waals surface area (Å²) in [6.07, 6.45) is 7.88. The predicted molar refractivity (Wildman–Crippen MR) is 115 cm³/mol. The second-order valence-electron chi connectivity index (χ2n) is 7.99. The molecule has 3 N–H and O–H groups in total. The van der Waals surface area contributed by atoms with Crippen LogP contribution in [0.3, 0.4) is 0 Å². The van der Waals surface area contributed by atoms with Crippen LogP contribution in [0.15, 0.2) is 24.3 Å². The Labute approximate surface area is 175 Å². The summed E-state index contributed by atoms with van der Waals surface area (Å²) in [6, 6.07) is 6.13. The van der Waals surface area contributed by atoms with E-state index in [2.05, 4.69) is 17.1 Å². The molecule has 0 radical (unpaired) electrons. The summed E-state index contributed by atoms with van der Waals surface area (Å²) in [7, 11) is 0. The van der Waals surface area contributed by atoms with Gasteiger partial charge in [0, 0.05) is 26.1 Å². The number of morpholine rings is 1. The number of aliphatic hydroxyl groups is 1. The molecule has 1 aliphatic heterocycles. The van der Waals surface area contributed by atoms with E-state index in [1.807, 2.05) is 0 Å². The molecule has 0 aliphatic carbocycles. The SMILES string of the molecule is CCCCCCCCCC(=O)NC(CN1CCOCC1)C(O)c1ccc(O)cc1. The Morgan fingerprint density at radius 1 is 1.07 bits per heavy atom. The molecule has 164 valence electrons. The molecule has 2 unspecified atom stereocenters. The summed E-state index contributed by atoms with van der Waals surface area (Å²) in [5.41, 5.74) is 0.692. The average molecular weight is 407 g/mol. The summed E-state index contributed by atoms with van der Waals surface area (Å²) >= 11 is 0. The summed E-state index contributed by atoms with van der Waals surface area (Å²) < 4.78 is 5.40. The van der Waals surface area contributed by atoms with Crippen molar-refractivity contribution in [1.29, 1.82) is 0 Å². The zero-order chi connectivity index (χ0) is 20.9. The highest BCUT2D eigenvalue weighted by atomic mass is 16.5. The molecule has 1 heterocycles. The van der Waals surface area contributed by atoms with Crippen LogP contribution < -0.4 is 5.32 Å². The van der Waals surface area contributed by atoms with Crippen molar-refractivity contribution >= 4 is 5.91 Å². The minimum atomic E-state index is -0.823. The lowest BCUT2D eigenvalue weighted by atomic mass is 10.0. The zero-order valence-corrected chi connectivity index (χ0v) is 17.8. The Morgan fingerprint density at radius 2 is 1.69 bits per heavy atom. The minimum Gasteiger partial charge on any atom is -0.508 e. The normalized spacial score (nSPS) is 17.0. The zero-order valence-electron chi connectivity index (χ0n) is 17.8. The van der Waals surface area contributed by atoms with E-state index in [-0.39, 0.29) is 11.7 Å². The number of hydrogen-bond acceptors (Lipinski definition) is 5. The van der Waals surface area contributed by atoms with Gasteiger partial charge in [-0.3, -0.25) is 9.69 Å².